The first-order chi connectivity index (χ1) is 9.43. The van der Waals surface area contributed by atoms with E-state index in [2.05, 4.69) is 18.7 Å². The van der Waals surface area contributed by atoms with Crippen molar-refractivity contribution in [2.24, 2.45) is 0 Å². The van der Waals surface area contributed by atoms with Crippen LogP contribution in [0.2, 0.25) is 5.02 Å². The van der Waals surface area contributed by atoms with Crippen molar-refractivity contribution in [3.05, 3.63) is 28.3 Å². The Balaban J connectivity index is 2.31. The van der Waals surface area contributed by atoms with E-state index >= 15 is 0 Å². The highest BCUT2D eigenvalue weighted by Crippen LogP contribution is 2.33. The van der Waals surface area contributed by atoms with Crippen molar-refractivity contribution >= 4 is 17.4 Å². The predicted octanol–water partition coefficient (Wildman–Crippen LogP) is 4.01. The van der Waals surface area contributed by atoms with Gasteiger partial charge in [0.25, 0.3) is 0 Å². The molecule has 1 aromatic carbocycles. The third kappa shape index (κ3) is 2.99. The average Bonchev–Trinajstić information content (AvgIpc) is 2.74. The molecule has 0 saturated carbocycles. The molecule has 0 aromatic heterocycles. The summed E-state index contributed by atoms with van der Waals surface area (Å²) < 4.78 is 0. The van der Waals surface area contributed by atoms with E-state index in [4.69, 9.17) is 11.6 Å². The molecule has 1 saturated heterocycles. The van der Waals surface area contributed by atoms with Crippen LogP contribution in [0.25, 0.3) is 0 Å². The number of phenolic OH excluding ortho intramolecular Hbond substituents is 1. The van der Waals surface area contributed by atoms with E-state index < -0.39 is 0 Å². The summed E-state index contributed by atoms with van der Waals surface area (Å²) in [6.07, 6.45) is 3.48. The highest BCUT2D eigenvalue weighted by atomic mass is 35.5. The lowest BCUT2D eigenvalue weighted by Gasteiger charge is -2.28. The van der Waals surface area contributed by atoms with Gasteiger partial charge in [-0.15, -0.1) is 0 Å². The number of hydrogen-bond acceptors (Lipinski definition) is 3. The van der Waals surface area contributed by atoms with Crippen LogP contribution in [-0.4, -0.2) is 27.9 Å². The van der Waals surface area contributed by atoms with Crippen molar-refractivity contribution in [3.8, 4) is 5.75 Å². The van der Waals surface area contributed by atoms with E-state index in [1.54, 1.807) is 6.07 Å². The first-order valence-electron chi connectivity index (χ1n) is 7.22. The topological polar surface area (TPSA) is 40.5 Å². The molecule has 1 heterocycles. The fourth-order valence-corrected chi connectivity index (χ4v) is 3.33. The molecule has 2 rings (SSSR count). The number of aromatic hydroxyl groups is 1. The molecule has 1 aliphatic rings. The molecule has 1 N–H and O–H groups in total. The predicted molar refractivity (Wildman–Crippen MR) is 81.4 cm³/mol. The molecule has 0 aliphatic carbocycles. The normalized spacial score (nSPS) is 23.2. The molecular weight excluding hydrogens is 274 g/mol. The summed E-state index contributed by atoms with van der Waals surface area (Å²) in [6, 6.07) is 4.34. The Labute approximate surface area is 125 Å². The Morgan fingerprint density at radius 2 is 2.15 bits per heavy atom. The van der Waals surface area contributed by atoms with Crippen molar-refractivity contribution < 1.29 is 9.90 Å². The van der Waals surface area contributed by atoms with Crippen LogP contribution in [0.3, 0.4) is 0 Å². The fraction of sp³-hybridized carbons (Fsp3) is 0.562. The van der Waals surface area contributed by atoms with Gasteiger partial charge in [0.2, 0.25) is 0 Å². The van der Waals surface area contributed by atoms with Crippen LogP contribution >= 0.6 is 11.6 Å². The minimum atomic E-state index is -0.159. The molecule has 0 amide bonds. The summed E-state index contributed by atoms with van der Waals surface area (Å²) in [7, 11) is 0. The number of hydrogen-bond donors (Lipinski definition) is 1. The van der Waals surface area contributed by atoms with E-state index in [1.807, 2.05) is 0 Å². The van der Waals surface area contributed by atoms with Gasteiger partial charge in [-0.2, -0.15) is 0 Å². The van der Waals surface area contributed by atoms with Crippen LogP contribution in [0.1, 0.15) is 56.0 Å². The quantitative estimate of drug-likeness (QED) is 0.853. The Morgan fingerprint density at radius 3 is 2.75 bits per heavy atom. The van der Waals surface area contributed by atoms with Gasteiger partial charge in [0, 0.05) is 29.2 Å². The summed E-state index contributed by atoms with van der Waals surface area (Å²) in [5, 5.41) is 10.8. The SMILES string of the molecule is CCC1CCC(C)N1Cc1cc(Cl)cc(C(C)=O)c1O. The second-order valence-corrected chi connectivity index (χ2v) is 6.11. The Bertz CT molecular complexity index is 515. The summed E-state index contributed by atoms with van der Waals surface area (Å²) in [5.74, 6) is -0.0800. The molecule has 2 atom stereocenters. The third-order valence-corrected chi connectivity index (χ3v) is 4.53. The molecule has 0 bridgehead atoms. The van der Waals surface area contributed by atoms with Gasteiger partial charge in [-0.1, -0.05) is 18.5 Å². The van der Waals surface area contributed by atoms with Crippen molar-refractivity contribution in [1.82, 2.24) is 4.90 Å². The maximum absolute atomic E-state index is 11.6. The number of nitrogens with zero attached hydrogens (tertiary/aromatic N) is 1. The lowest BCUT2D eigenvalue weighted by Crippen LogP contribution is -2.33. The summed E-state index contributed by atoms with van der Waals surface area (Å²) in [6.45, 7) is 6.49. The monoisotopic (exact) mass is 295 g/mol. The highest BCUT2D eigenvalue weighted by molar-refractivity contribution is 6.31. The van der Waals surface area contributed by atoms with Crippen LogP contribution in [0.15, 0.2) is 12.1 Å². The molecule has 0 radical (unpaired) electrons. The number of benzene rings is 1. The van der Waals surface area contributed by atoms with E-state index in [9.17, 15) is 9.90 Å². The van der Waals surface area contributed by atoms with Crippen LogP contribution in [0, 0.1) is 0 Å². The molecule has 4 heteroatoms. The lowest BCUT2D eigenvalue weighted by molar-refractivity contribution is 0.101. The first kappa shape index (κ1) is 15.3. The van der Waals surface area contributed by atoms with Crippen molar-refractivity contribution in [3.63, 3.8) is 0 Å². The number of carbonyl (C=O) groups is 1. The average molecular weight is 296 g/mol. The van der Waals surface area contributed by atoms with Gasteiger partial charge in [0.05, 0.1) is 5.56 Å². The third-order valence-electron chi connectivity index (χ3n) is 4.31. The highest BCUT2D eigenvalue weighted by Gasteiger charge is 2.30. The smallest absolute Gasteiger partial charge is 0.163 e. The van der Waals surface area contributed by atoms with E-state index in [-0.39, 0.29) is 11.5 Å². The standard InChI is InChI=1S/C16H22ClNO2/c1-4-14-6-5-10(2)18(14)9-12-7-13(17)8-15(11(3)19)16(12)20/h7-8,10,14,20H,4-6,9H2,1-3H3. The van der Waals surface area contributed by atoms with Gasteiger partial charge in [-0.25, -0.2) is 0 Å². The number of ketones is 1. The zero-order valence-electron chi connectivity index (χ0n) is 12.3. The number of likely N-dealkylation sites (tertiary alicyclic amines) is 1. The number of phenols is 1. The second-order valence-electron chi connectivity index (χ2n) is 5.68. The van der Waals surface area contributed by atoms with Crippen LogP contribution in [-0.2, 0) is 6.54 Å². The first-order valence-corrected chi connectivity index (χ1v) is 7.59. The van der Waals surface area contributed by atoms with Crippen molar-refractivity contribution in [2.75, 3.05) is 0 Å². The number of Topliss-reactive ketones (excluding diaryl/α,β-unsaturated/α-hetero) is 1. The summed E-state index contributed by atoms with van der Waals surface area (Å²) in [5.41, 5.74) is 1.06. The second kappa shape index (κ2) is 6.15. The Hall–Kier alpha value is -1.06. The van der Waals surface area contributed by atoms with Crippen LogP contribution < -0.4 is 0 Å². The fourth-order valence-electron chi connectivity index (χ4n) is 3.09. The molecule has 110 valence electrons. The Morgan fingerprint density at radius 1 is 1.45 bits per heavy atom. The van der Waals surface area contributed by atoms with Crippen LogP contribution in [0.5, 0.6) is 5.75 Å². The van der Waals surface area contributed by atoms with Crippen molar-refractivity contribution in [2.45, 2.75) is 58.7 Å². The van der Waals surface area contributed by atoms with Gasteiger partial charge in [0.1, 0.15) is 5.75 Å². The zero-order chi connectivity index (χ0) is 14.9. The number of rotatable bonds is 4. The van der Waals surface area contributed by atoms with Gasteiger partial charge in [0.15, 0.2) is 5.78 Å². The molecule has 1 aliphatic heterocycles. The number of carbonyl (C=O) groups excluding carboxylic acids is 1. The molecule has 20 heavy (non-hydrogen) atoms. The maximum atomic E-state index is 11.6. The largest absolute Gasteiger partial charge is 0.507 e. The van der Waals surface area contributed by atoms with Gasteiger partial charge in [-0.05, 0) is 45.2 Å². The summed E-state index contributed by atoms with van der Waals surface area (Å²) >= 11 is 6.08. The van der Waals surface area contributed by atoms with Gasteiger partial charge in [-0.3, -0.25) is 9.69 Å². The molecule has 2 unspecified atom stereocenters. The van der Waals surface area contributed by atoms with E-state index in [0.717, 1.165) is 12.0 Å². The zero-order valence-corrected chi connectivity index (χ0v) is 13.1. The minimum absolute atomic E-state index is 0.0795. The van der Waals surface area contributed by atoms with Crippen LogP contribution in [0.4, 0.5) is 0 Å². The van der Waals surface area contributed by atoms with E-state index in [1.165, 1.54) is 25.8 Å². The lowest BCUT2D eigenvalue weighted by atomic mass is 10.0. The van der Waals surface area contributed by atoms with E-state index in [0.29, 0.717) is 29.2 Å². The molecular formula is C16H22ClNO2. The Kier molecular flexibility index (Phi) is 4.71. The number of halogens is 1. The molecule has 3 nitrogen and oxygen atoms in total. The minimum Gasteiger partial charge on any atom is -0.507 e. The van der Waals surface area contributed by atoms with Gasteiger partial charge >= 0.3 is 0 Å². The van der Waals surface area contributed by atoms with Crippen molar-refractivity contribution in [1.29, 1.82) is 0 Å². The summed E-state index contributed by atoms with van der Waals surface area (Å²) in [4.78, 5) is 14.0. The molecule has 1 aromatic rings. The molecule has 1 fully saturated rings. The molecule has 0 spiro atoms. The van der Waals surface area contributed by atoms with Gasteiger partial charge < -0.3 is 5.11 Å². The maximum Gasteiger partial charge on any atom is 0.163 e.